The lowest BCUT2D eigenvalue weighted by atomic mass is 9.88. The molecule has 3 N–H and O–H groups in total. The lowest BCUT2D eigenvalue weighted by molar-refractivity contribution is -0.149. The fourth-order valence-electron chi connectivity index (χ4n) is 2.86. The fourth-order valence-corrected chi connectivity index (χ4v) is 2.86. The first-order valence-electron chi connectivity index (χ1n) is 8.46. The molecule has 136 valence electrons. The van der Waals surface area contributed by atoms with Gasteiger partial charge < -0.3 is 20.5 Å². The predicted molar refractivity (Wildman–Crippen MR) is 92.0 cm³/mol. The number of methoxy groups -OCH3 is 1. The lowest BCUT2D eigenvalue weighted by Gasteiger charge is -2.20. The van der Waals surface area contributed by atoms with Gasteiger partial charge in [0.2, 0.25) is 5.91 Å². The summed E-state index contributed by atoms with van der Waals surface area (Å²) >= 11 is 0. The molecule has 7 heteroatoms. The maximum atomic E-state index is 12.3. The quantitative estimate of drug-likeness (QED) is 0.675. The molecule has 1 aliphatic carbocycles. The molecule has 1 aromatic rings. The van der Waals surface area contributed by atoms with Gasteiger partial charge in [0, 0.05) is 17.2 Å². The Morgan fingerprint density at radius 3 is 2.64 bits per heavy atom. The Kier molecular flexibility index (Phi) is 6.94. The SMILES string of the molecule is COC(=O)[C@@H](O)CNC(=O)c1cccc(NC(=O)C2CCCCC2)c1. The summed E-state index contributed by atoms with van der Waals surface area (Å²) < 4.78 is 4.38. The molecule has 0 aliphatic heterocycles. The van der Waals surface area contributed by atoms with Gasteiger partial charge in [-0.2, -0.15) is 0 Å². The molecule has 1 fully saturated rings. The van der Waals surface area contributed by atoms with Crippen molar-refractivity contribution in [3.63, 3.8) is 0 Å². The molecule has 1 aromatic carbocycles. The molecular formula is C18H24N2O5. The summed E-state index contributed by atoms with van der Waals surface area (Å²) in [5.74, 6) is -1.25. The van der Waals surface area contributed by atoms with E-state index < -0.39 is 18.0 Å². The van der Waals surface area contributed by atoms with Crippen molar-refractivity contribution in [1.29, 1.82) is 0 Å². The normalized spacial score (nSPS) is 15.9. The summed E-state index contributed by atoms with van der Waals surface area (Å²) in [6, 6.07) is 6.56. The van der Waals surface area contributed by atoms with Crippen LogP contribution in [0.3, 0.4) is 0 Å². The predicted octanol–water partition coefficient (Wildman–Crippen LogP) is 1.47. The number of esters is 1. The van der Waals surface area contributed by atoms with E-state index in [0.29, 0.717) is 11.3 Å². The molecule has 0 radical (unpaired) electrons. The number of carbonyl (C=O) groups is 3. The minimum atomic E-state index is -1.41. The number of hydrogen-bond acceptors (Lipinski definition) is 5. The molecule has 1 aliphatic rings. The Morgan fingerprint density at radius 2 is 1.96 bits per heavy atom. The van der Waals surface area contributed by atoms with E-state index in [4.69, 9.17) is 0 Å². The topological polar surface area (TPSA) is 105 Å². The van der Waals surface area contributed by atoms with E-state index in [1.165, 1.54) is 6.42 Å². The van der Waals surface area contributed by atoms with Crippen LogP contribution in [0, 0.1) is 5.92 Å². The Morgan fingerprint density at radius 1 is 1.24 bits per heavy atom. The third kappa shape index (κ3) is 5.56. The van der Waals surface area contributed by atoms with Gasteiger partial charge in [-0.25, -0.2) is 4.79 Å². The number of aliphatic hydroxyl groups excluding tert-OH is 1. The Bertz CT molecular complexity index is 626. The van der Waals surface area contributed by atoms with E-state index in [0.717, 1.165) is 32.8 Å². The number of carbonyl (C=O) groups excluding carboxylic acids is 3. The average Bonchev–Trinajstić information content (AvgIpc) is 2.66. The highest BCUT2D eigenvalue weighted by atomic mass is 16.5. The second-order valence-electron chi connectivity index (χ2n) is 6.15. The molecule has 0 heterocycles. The summed E-state index contributed by atoms with van der Waals surface area (Å²) in [6.07, 6.45) is 3.71. The van der Waals surface area contributed by atoms with E-state index >= 15 is 0 Å². The molecular weight excluding hydrogens is 324 g/mol. The van der Waals surface area contributed by atoms with Gasteiger partial charge in [-0.1, -0.05) is 25.3 Å². The molecule has 25 heavy (non-hydrogen) atoms. The van der Waals surface area contributed by atoms with Crippen LogP contribution in [-0.2, 0) is 14.3 Å². The molecule has 2 rings (SSSR count). The highest BCUT2D eigenvalue weighted by molar-refractivity contribution is 5.97. The number of aliphatic hydroxyl groups is 1. The highest BCUT2D eigenvalue weighted by Gasteiger charge is 2.21. The zero-order valence-corrected chi connectivity index (χ0v) is 14.3. The number of rotatable bonds is 6. The Hall–Kier alpha value is -2.41. The van der Waals surface area contributed by atoms with Gasteiger partial charge in [0.05, 0.1) is 13.7 Å². The van der Waals surface area contributed by atoms with Crippen molar-refractivity contribution in [2.24, 2.45) is 5.92 Å². The molecule has 1 atom stereocenters. The van der Waals surface area contributed by atoms with Crippen LogP contribution in [0.2, 0.25) is 0 Å². The zero-order chi connectivity index (χ0) is 18.2. The van der Waals surface area contributed by atoms with E-state index in [2.05, 4.69) is 15.4 Å². The molecule has 2 amide bonds. The van der Waals surface area contributed by atoms with Crippen molar-refractivity contribution in [3.05, 3.63) is 29.8 Å². The van der Waals surface area contributed by atoms with Crippen molar-refractivity contribution >= 4 is 23.5 Å². The van der Waals surface area contributed by atoms with Crippen LogP contribution in [0.5, 0.6) is 0 Å². The number of hydrogen-bond donors (Lipinski definition) is 3. The van der Waals surface area contributed by atoms with Gasteiger partial charge in [-0.05, 0) is 31.0 Å². The molecule has 0 bridgehead atoms. The number of ether oxygens (including phenoxy) is 1. The van der Waals surface area contributed by atoms with E-state index in [-0.39, 0.29) is 18.4 Å². The minimum absolute atomic E-state index is 0.0154. The van der Waals surface area contributed by atoms with E-state index in [1.807, 2.05) is 0 Å². The largest absolute Gasteiger partial charge is 0.467 e. The van der Waals surface area contributed by atoms with Crippen LogP contribution < -0.4 is 10.6 Å². The molecule has 7 nitrogen and oxygen atoms in total. The van der Waals surface area contributed by atoms with Gasteiger partial charge in [-0.15, -0.1) is 0 Å². The third-order valence-corrected chi connectivity index (χ3v) is 4.30. The molecule has 0 unspecified atom stereocenters. The first-order chi connectivity index (χ1) is 12.0. The summed E-state index contributed by atoms with van der Waals surface area (Å²) in [7, 11) is 1.16. The summed E-state index contributed by atoms with van der Waals surface area (Å²) in [6.45, 7) is -0.246. The smallest absolute Gasteiger partial charge is 0.336 e. The van der Waals surface area contributed by atoms with Crippen LogP contribution in [0.1, 0.15) is 42.5 Å². The third-order valence-electron chi connectivity index (χ3n) is 4.30. The van der Waals surface area contributed by atoms with Crippen molar-refractivity contribution in [2.75, 3.05) is 19.0 Å². The molecule has 1 saturated carbocycles. The Labute approximate surface area is 146 Å². The average molecular weight is 348 g/mol. The molecule has 0 spiro atoms. The fraction of sp³-hybridized carbons (Fsp3) is 0.500. The van der Waals surface area contributed by atoms with Crippen LogP contribution in [-0.4, -0.2) is 42.6 Å². The van der Waals surface area contributed by atoms with Crippen LogP contribution >= 0.6 is 0 Å². The van der Waals surface area contributed by atoms with Crippen molar-refractivity contribution in [1.82, 2.24) is 5.32 Å². The number of anilines is 1. The summed E-state index contributed by atoms with van der Waals surface area (Å²) in [4.78, 5) is 35.5. The Balaban J connectivity index is 1.92. The number of benzene rings is 1. The first-order valence-corrected chi connectivity index (χ1v) is 8.46. The number of nitrogens with one attached hydrogen (secondary N) is 2. The van der Waals surface area contributed by atoms with Gasteiger partial charge in [0.25, 0.3) is 5.91 Å². The maximum Gasteiger partial charge on any atom is 0.336 e. The highest BCUT2D eigenvalue weighted by Crippen LogP contribution is 2.25. The first kappa shape index (κ1) is 18.9. The maximum absolute atomic E-state index is 12.3. The van der Waals surface area contributed by atoms with Gasteiger partial charge >= 0.3 is 5.97 Å². The summed E-state index contributed by atoms with van der Waals surface area (Å²) in [5, 5.41) is 14.8. The van der Waals surface area contributed by atoms with Gasteiger partial charge in [0.15, 0.2) is 6.10 Å². The van der Waals surface area contributed by atoms with E-state index in [1.54, 1.807) is 24.3 Å². The standard InChI is InChI=1S/C18H24N2O5/c1-25-18(24)15(21)11-19-16(22)13-8-5-9-14(10-13)20-17(23)12-6-3-2-4-7-12/h5,8-10,12,15,21H,2-4,6-7,11H2,1H3,(H,19,22)(H,20,23)/t15-/m0/s1. The van der Waals surface area contributed by atoms with Crippen LogP contribution in [0.25, 0.3) is 0 Å². The second kappa shape index (κ2) is 9.17. The van der Waals surface area contributed by atoms with Gasteiger partial charge in [0.1, 0.15) is 0 Å². The second-order valence-corrected chi connectivity index (χ2v) is 6.15. The monoisotopic (exact) mass is 348 g/mol. The minimum Gasteiger partial charge on any atom is -0.467 e. The lowest BCUT2D eigenvalue weighted by Crippen LogP contribution is -2.37. The van der Waals surface area contributed by atoms with Crippen LogP contribution in [0.15, 0.2) is 24.3 Å². The molecule has 0 saturated heterocycles. The van der Waals surface area contributed by atoms with Crippen LogP contribution in [0.4, 0.5) is 5.69 Å². The van der Waals surface area contributed by atoms with E-state index in [9.17, 15) is 19.5 Å². The van der Waals surface area contributed by atoms with Gasteiger partial charge in [-0.3, -0.25) is 9.59 Å². The summed E-state index contributed by atoms with van der Waals surface area (Å²) in [5.41, 5.74) is 0.884. The zero-order valence-electron chi connectivity index (χ0n) is 14.3. The van der Waals surface area contributed by atoms with Crippen molar-refractivity contribution < 1.29 is 24.2 Å². The number of amides is 2. The van der Waals surface area contributed by atoms with Crippen molar-refractivity contribution in [3.8, 4) is 0 Å². The molecule has 0 aromatic heterocycles. The van der Waals surface area contributed by atoms with Crippen molar-refractivity contribution in [2.45, 2.75) is 38.2 Å².